The van der Waals surface area contributed by atoms with Gasteiger partial charge in [-0.05, 0) is 56.6 Å². The van der Waals surface area contributed by atoms with E-state index in [1.54, 1.807) is 0 Å². The Balaban J connectivity index is 1.54. The third-order valence-electron chi connectivity index (χ3n) is 4.02. The molecule has 0 saturated carbocycles. The molecule has 0 aromatic heterocycles. The standard InChI is InChI=1S/C16H21N3O3/c20-15-6-5-14(16(21)19-15)18-11-1-3-12(4-2-11)22-13-7-9-17-10-8-13/h1-4,13-14,17-18H,5-10H2,(H,19,20,21). The largest absolute Gasteiger partial charge is 0.490 e. The number of benzene rings is 1. The van der Waals surface area contributed by atoms with Crippen molar-refractivity contribution in [1.29, 1.82) is 0 Å². The summed E-state index contributed by atoms with van der Waals surface area (Å²) in [5.74, 6) is 0.390. The molecule has 22 heavy (non-hydrogen) atoms. The Hall–Kier alpha value is -2.08. The van der Waals surface area contributed by atoms with Crippen molar-refractivity contribution < 1.29 is 14.3 Å². The highest BCUT2D eigenvalue weighted by molar-refractivity contribution is 6.01. The summed E-state index contributed by atoms with van der Waals surface area (Å²) in [6, 6.07) is 7.28. The number of piperidine rings is 2. The Labute approximate surface area is 129 Å². The van der Waals surface area contributed by atoms with E-state index >= 15 is 0 Å². The molecule has 118 valence electrons. The lowest BCUT2D eigenvalue weighted by Gasteiger charge is -2.24. The molecule has 6 heteroatoms. The average Bonchev–Trinajstić information content (AvgIpc) is 2.53. The summed E-state index contributed by atoms with van der Waals surface area (Å²) >= 11 is 0. The zero-order valence-electron chi connectivity index (χ0n) is 12.4. The van der Waals surface area contributed by atoms with Crippen LogP contribution in [0.1, 0.15) is 25.7 Å². The molecule has 0 radical (unpaired) electrons. The number of rotatable bonds is 4. The Morgan fingerprint density at radius 1 is 1.05 bits per heavy atom. The number of hydrogen-bond donors (Lipinski definition) is 3. The number of ether oxygens (including phenoxy) is 1. The highest BCUT2D eigenvalue weighted by atomic mass is 16.5. The van der Waals surface area contributed by atoms with Crippen LogP contribution in [-0.2, 0) is 9.59 Å². The normalized spacial score (nSPS) is 23.0. The number of carbonyl (C=O) groups excluding carboxylic acids is 2. The quantitative estimate of drug-likeness (QED) is 0.724. The van der Waals surface area contributed by atoms with Crippen LogP contribution >= 0.6 is 0 Å². The third kappa shape index (κ3) is 3.76. The lowest BCUT2D eigenvalue weighted by atomic mass is 10.1. The van der Waals surface area contributed by atoms with E-state index in [0.717, 1.165) is 37.4 Å². The molecule has 3 rings (SSSR count). The summed E-state index contributed by atoms with van der Waals surface area (Å²) in [5.41, 5.74) is 0.854. The minimum atomic E-state index is -0.353. The van der Waals surface area contributed by atoms with Crippen molar-refractivity contribution in [2.45, 2.75) is 37.8 Å². The van der Waals surface area contributed by atoms with Crippen LogP contribution in [0.15, 0.2) is 24.3 Å². The second kappa shape index (κ2) is 6.79. The lowest BCUT2D eigenvalue weighted by Crippen LogP contribution is -2.47. The molecular formula is C16H21N3O3. The van der Waals surface area contributed by atoms with Gasteiger partial charge < -0.3 is 15.4 Å². The zero-order chi connectivity index (χ0) is 15.4. The average molecular weight is 303 g/mol. The predicted molar refractivity (Wildman–Crippen MR) is 82.8 cm³/mol. The second-order valence-electron chi connectivity index (χ2n) is 5.74. The number of carbonyl (C=O) groups is 2. The molecule has 2 heterocycles. The van der Waals surface area contributed by atoms with E-state index in [4.69, 9.17) is 4.74 Å². The molecule has 1 atom stereocenters. The summed E-state index contributed by atoms with van der Waals surface area (Å²) in [4.78, 5) is 22.8. The first kappa shape index (κ1) is 14.8. The molecule has 2 fully saturated rings. The molecule has 6 nitrogen and oxygen atoms in total. The van der Waals surface area contributed by atoms with E-state index < -0.39 is 0 Å². The molecule has 1 aromatic rings. The Bertz CT molecular complexity index is 538. The first-order valence-corrected chi connectivity index (χ1v) is 7.78. The maximum absolute atomic E-state index is 11.7. The molecule has 3 N–H and O–H groups in total. The van der Waals surface area contributed by atoms with Gasteiger partial charge in [-0.1, -0.05) is 0 Å². The fraction of sp³-hybridized carbons (Fsp3) is 0.500. The van der Waals surface area contributed by atoms with Crippen LogP contribution in [0.25, 0.3) is 0 Å². The minimum Gasteiger partial charge on any atom is -0.490 e. The zero-order valence-corrected chi connectivity index (χ0v) is 12.4. The Morgan fingerprint density at radius 3 is 2.45 bits per heavy atom. The summed E-state index contributed by atoms with van der Waals surface area (Å²) < 4.78 is 5.94. The first-order valence-electron chi connectivity index (χ1n) is 7.78. The molecule has 0 aliphatic carbocycles. The van der Waals surface area contributed by atoms with Crippen LogP contribution in [0.5, 0.6) is 5.75 Å². The Morgan fingerprint density at radius 2 is 1.77 bits per heavy atom. The van der Waals surface area contributed by atoms with Crippen LogP contribution < -0.4 is 20.7 Å². The minimum absolute atomic E-state index is 0.200. The van der Waals surface area contributed by atoms with Crippen molar-refractivity contribution in [3.05, 3.63) is 24.3 Å². The van der Waals surface area contributed by atoms with Gasteiger partial charge in [0.2, 0.25) is 11.8 Å². The monoisotopic (exact) mass is 303 g/mol. The van der Waals surface area contributed by atoms with Crippen LogP contribution in [0.4, 0.5) is 5.69 Å². The third-order valence-corrected chi connectivity index (χ3v) is 4.02. The lowest BCUT2D eigenvalue weighted by molar-refractivity contribution is -0.133. The van der Waals surface area contributed by atoms with E-state index in [1.165, 1.54) is 0 Å². The van der Waals surface area contributed by atoms with Crippen LogP contribution in [0.2, 0.25) is 0 Å². The predicted octanol–water partition coefficient (Wildman–Crippen LogP) is 1.03. The van der Waals surface area contributed by atoms with E-state index in [0.29, 0.717) is 12.8 Å². The summed E-state index contributed by atoms with van der Waals surface area (Å²) in [6.45, 7) is 2.00. The van der Waals surface area contributed by atoms with Crippen molar-refractivity contribution in [2.75, 3.05) is 18.4 Å². The topological polar surface area (TPSA) is 79.5 Å². The van der Waals surface area contributed by atoms with Crippen LogP contribution in [0.3, 0.4) is 0 Å². The van der Waals surface area contributed by atoms with Crippen molar-refractivity contribution in [3.8, 4) is 5.75 Å². The van der Waals surface area contributed by atoms with E-state index in [1.807, 2.05) is 24.3 Å². The molecular weight excluding hydrogens is 282 g/mol. The highest BCUT2D eigenvalue weighted by Gasteiger charge is 2.26. The van der Waals surface area contributed by atoms with Gasteiger partial charge in [0, 0.05) is 12.1 Å². The second-order valence-corrected chi connectivity index (χ2v) is 5.74. The molecule has 1 aromatic carbocycles. The van der Waals surface area contributed by atoms with Crippen molar-refractivity contribution >= 4 is 17.5 Å². The SMILES string of the molecule is O=C1CCC(Nc2ccc(OC3CCNCC3)cc2)C(=O)N1. The van der Waals surface area contributed by atoms with Gasteiger partial charge in [-0.2, -0.15) is 0 Å². The van der Waals surface area contributed by atoms with Crippen molar-refractivity contribution in [1.82, 2.24) is 10.6 Å². The van der Waals surface area contributed by atoms with Gasteiger partial charge in [0.15, 0.2) is 0 Å². The van der Waals surface area contributed by atoms with Gasteiger partial charge in [-0.25, -0.2) is 0 Å². The van der Waals surface area contributed by atoms with E-state index in [2.05, 4.69) is 16.0 Å². The number of hydrogen-bond acceptors (Lipinski definition) is 5. The van der Waals surface area contributed by atoms with E-state index in [9.17, 15) is 9.59 Å². The molecule has 2 saturated heterocycles. The fourth-order valence-electron chi connectivity index (χ4n) is 2.77. The molecule has 1 unspecified atom stereocenters. The van der Waals surface area contributed by atoms with E-state index in [-0.39, 0.29) is 24.0 Å². The van der Waals surface area contributed by atoms with Crippen LogP contribution in [0, 0.1) is 0 Å². The maximum atomic E-state index is 11.7. The molecule has 2 aliphatic heterocycles. The number of imide groups is 1. The highest BCUT2D eigenvalue weighted by Crippen LogP contribution is 2.21. The molecule has 2 aliphatic rings. The maximum Gasteiger partial charge on any atom is 0.249 e. The number of amides is 2. The summed E-state index contributed by atoms with van der Waals surface area (Å²) in [5, 5.41) is 8.81. The van der Waals surface area contributed by atoms with Gasteiger partial charge in [-0.15, -0.1) is 0 Å². The fourth-order valence-corrected chi connectivity index (χ4v) is 2.77. The first-order chi connectivity index (χ1) is 10.7. The van der Waals surface area contributed by atoms with Gasteiger partial charge in [0.25, 0.3) is 0 Å². The number of anilines is 1. The summed E-state index contributed by atoms with van der Waals surface area (Å²) in [7, 11) is 0. The number of nitrogens with one attached hydrogen (secondary N) is 3. The smallest absolute Gasteiger partial charge is 0.249 e. The Kier molecular flexibility index (Phi) is 4.58. The molecule has 0 bridgehead atoms. The van der Waals surface area contributed by atoms with Crippen molar-refractivity contribution in [3.63, 3.8) is 0 Å². The molecule has 0 spiro atoms. The van der Waals surface area contributed by atoms with Gasteiger partial charge in [-0.3, -0.25) is 14.9 Å². The van der Waals surface area contributed by atoms with Crippen LogP contribution in [-0.4, -0.2) is 37.0 Å². The van der Waals surface area contributed by atoms with Gasteiger partial charge >= 0.3 is 0 Å². The summed E-state index contributed by atoms with van der Waals surface area (Å²) in [6.07, 6.45) is 3.22. The molecule has 2 amide bonds. The van der Waals surface area contributed by atoms with Gasteiger partial charge in [0.1, 0.15) is 17.9 Å². The van der Waals surface area contributed by atoms with Crippen molar-refractivity contribution in [2.24, 2.45) is 0 Å². The van der Waals surface area contributed by atoms with Gasteiger partial charge in [0.05, 0.1) is 0 Å².